The second kappa shape index (κ2) is 54.6. The van der Waals surface area contributed by atoms with Gasteiger partial charge >= 0.3 is 33.6 Å². The number of carbonyl (C=O) groups is 3. The number of phosphoric ester groups is 2. The van der Waals surface area contributed by atoms with Gasteiger partial charge in [0, 0.05) is 19.3 Å². The van der Waals surface area contributed by atoms with Crippen molar-refractivity contribution in [3.8, 4) is 0 Å². The van der Waals surface area contributed by atoms with Gasteiger partial charge < -0.3 is 34.2 Å². The van der Waals surface area contributed by atoms with Crippen LogP contribution in [0.15, 0.2) is 24.3 Å². The van der Waals surface area contributed by atoms with Crippen LogP contribution in [0.2, 0.25) is 0 Å². The zero-order valence-electron chi connectivity index (χ0n) is 48.7. The summed E-state index contributed by atoms with van der Waals surface area (Å²) in [5.74, 6) is -1.57. The SMILES string of the molecule is CCCCC/C=C\C/C=C\CCCCCCCC(=O)OCC(O)COP(=O)(O)OCC(O)COP(=O)(O)OCC(COC(=O)CCCCCCCCCCCCCCCCC)OC(=O)CCCCCCCCCCCCC. The third-order valence-electron chi connectivity index (χ3n) is 13.2. The van der Waals surface area contributed by atoms with Crippen LogP contribution in [0.3, 0.4) is 0 Å². The number of hydrogen-bond acceptors (Lipinski definition) is 14. The Morgan fingerprint density at radius 3 is 1.04 bits per heavy atom. The molecule has 0 amide bonds. The molecule has 77 heavy (non-hydrogen) atoms. The topological polar surface area (TPSA) is 231 Å². The van der Waals surface area contributed by atoms with Gasteiger partial charge in [-0.05, 0) is 51.4 Å². The Kier molecular flexibility index (Phi) is 53.2. The lowest BCUT2D eigenvalue weighted by Gasteiger charge is -2.21. The predicted molar refractivity (Wildman–Crippen MR) is 307 cm³/mol. The minimum atomic E-state index is -4.90. The van der Waals surface area contributed by atoms with Crippen LogP contribution in [-0.2, 0) is 55.8 Å². The van der Waals surface area contributed by atoms with Crippen molar-refractivity contribution in [2.24, 2.45) is 0 Å². The Morgan fingerprint density at radius 2 is 0.649 bits per heavy atom. The van der Waals surface area contributed by atoms with E-state index in [9.17, 15) is 43.5 Å². The van der Waals surface area contributed by atoms with Gasteiger partial charge in [-0.3, -0.25) is 32.5 Å². The summed E-state index contributed by atoms with van der Waals surface area (Å²) in [6.07, 6.45) is 46.7. The number of hydrogen-bond donors (Lipinski definition) is 4. The van der Waals surface area contributed by atoms with Crippen LogP contribution in [0.4, 0.5) is 0 Å². The fraction of sp³-hybridized carbons (Fsp3) is 0.881. The van der Waals surface area contributed by atoms with Gasteiger partial charge in [0.15, 0.2) is 6.10 Å². The number of carbonyl (C=O) groups excluding carboxylic acids is 3. The van der Waals surface area contributed by atoms with Gasteiger partial charge in [-0.1, -0.05) is 231 Å². The monoisotopic (exact) mass is 1140 g/mol. The van der Waals surface area contributed by atoms with Crippen LogP contribution in [0, 0.1) is 0 Å². The number of rotatable bonds is 59. The van der Waals surface area contributed by atoms with Crippen LogP contribution < -0.4 is 0 Å². The highest BCUT2D eigenvalue weighted by Gasteiger charge is 2.29. The van der Waals surface area contributed by atoms with E-state index in [1.54, 1.807) is 0 Å². The molecule has 454 valence electrons. The molecule has 5 unspecified atom stereocenters. The molecule has 0 spiro atoms. The van der Waals surface area contributed by atoms with Crippen molar-refractivity contribution in [2.75, 3.05) is 39.6 Å². The van der Waals surface area contributed by atoms with E-state index in [1.165, 1.54) is 128 Å². The lowest BCUT2D eigenvalue weighted by molar-refractivity contribution is -0.161. The second-order valence-corrected chi connectivity index (χ2v) is 23.8. The quantitative estimate of drug-likeness (QED) is 0.0146. The first kappa shape index (κ1) is 75.0. The summed E-state index contributed by atoms with van der Waals surface area (Å²) in [6.45, 7) is 2.64. The average molecular weight is 1140 g/mol. The largest absolute Gasteiger partial charge is 0.472 e. The highest BCUT2D eigenvalue weighted by molar-refractivity contribution is 7.47. The number of unbranched alkanes of at least 4 members (excludes halogenated alkanes) is 32. The standard InChI is InChI=1S/C59H112O16P2/c1-4-7-10-13-16-19-22-24-26-28-31-33-36-39-42-45-57(62)69-48-54(60)49-71-76(65,66)72-50-55(61)51-73-77(67,68)74-53-56(75-59(64)47-44-41-38-35-30-21-18-15-12-9-6-3)52-70-58(63)46-43-40-37-34-32-29-27-25-23-20-17-14-11-8-5-2/h16,19,24,26,54-56,60-61H,4-15,17-18,20-23,25,27-53H2,1-3H3,(H,65,66)(H,67,68)/b19-16-,26-24-. The van der Waals surface area contributed by atoms with Gasteiger partial charge in [-0.25, -0.2) is 9.13 Å². The highest BCUT2D eigenvalue weighted by Crippen LogP contribution is 2.45. The Balaban J connectivity index is 4.63. The molecule has 0 radical (unpaired) electrons. The van der Waals surface area contributed by atoms with E-state index >= 15 is 0 Å². The summed E-state index contributed by atoms with van der Waals surface area (Å²) in [4.78, 5) is 58.0. The Bertz CT molecular complexity index is 1530. The number of ether oxygens (including phenoxy) is 3. The normalized spacial score (nSPS) is 14.6. The Morgan fingerprint density at radius 1 is 0.364 bits per heavy atom. The third-order valence-corrected chi connectivity index (χ3v) is 15.1. The van der Waals surface area contributed by atoms with E-state index in [1.807, 2.05) is 0 Å². The molecular formula is C59H112O16P2. The van der Waals surface area contributed by atoms with Gasteiger partial charge in [-0.15, -0.1) is 0 Å². The second-order valence-electron chi connectivity index (χ2n) is 20.9. The van der Waals surface area contributed by atoms with Crippen LogP contribution in [0.1, 0.15) is 278 Å². The molecule has 0 fully saturated rings. The van der Waals surface area contributed by atoms with Gasteiger partial charge in [0.25, 0.3) is 0 Å². The van der Waals surface area contributed by atoms with Crippen molar-refractivity contribution >= 4 is 33.6 Å². The fourth-order valence-corrected chi connectivity index (χ4v) is 10.0. The zero-order chi connectivity index (χ0) is 56.8. The van der Waals surface area contributed by atoms with Gasteiger partial charge in [0.05, 0.1) is 26.4 Å². The van der Waals surface area contributed by atoms with Crippen molar-refractivity contribution in [1.82, 2.24) is 0 Å². The van der Waals surface area contributed by atoms with Crippen LogP contribution in [0.5, 0.6) is 0 Å². The minimum absolute atomic E-state index is 0.113. The molecule has 18 heteroatoms. The molecule has 0 saturated carbocycles. The molecule has 16 nitrogen and oxygen atoms in total. The molecule has 0 aliphatic rings. The molecule has 5 atom stereocenters. The van der Waals surface area contributed by atoms with Crippen molar-refractivity contribution in [3.05, 3.63) is 24.3 Å². The smallest absolute Gasteiger partial charge is 0.463 e. The molecule has 0 saturated heterocycles. The molecule has 4 N–H and O–H groups in total. The summed E-state index contributed by atoms with van der Waals surface area (Å²) < 4.78 is 60.6. The first-order valence-corrected chi connectivity index (χ1v) is 33.6. The number of allylic oxidation sites excluding steroid dienone is 4. The van der Waals surface area contributed by atoms with Gasteiger partial charge in [0.2, 0.25) is 0 Å². The molecule has 0 aliphatic carbocycles. The summed E-state index contributed by atoms with van der Waals surface area (Å²) >= 11 is 0. The fourth-order valence-electron chi connectivity index (χ4n) is 8.42. The molecule has 0 bridgehead atoms. The minimum Gasteiger partial charge on any atom is -0.463 e. The Labute approximate surface area is 467 Å². The van der Waals surface area contributed by atoms with Crippen molar-refractivity contribution < 1.29 is 75.8 Å². The van der Waals surface area contributed by atoms with Crippen molar-refractivity contribution in [1.29, 1.82) is 0 Å². The van der Waals surface area contributed by atoms with Gasteiger partial charge in [-0.2, -0.15) is 0 Å². The van der Waals surface area contributed by atoms with E-state index in [4.69, 9.17) is 32.3 Å². The highest BCUT2D eigenvalue weighted by atomic mass is 31.2. The Hall–Kier alpha value is -1.97. The lowest BCUT2D eigenvalue weighted by Crippen LogP contribution is -2.30. The summed E-state index contributed by atoms with van der Waals surface area (Å²) in [6, 6.07) is 0. The van der Waals surface area contributed by atoms with Crippen LogP contribution >= 0.6 is 15.6 Å². The number of phosphoric acid groups is 2. The average Bonchev–Trinajstić information content (AvgIpc) is 3.40. The van der Waals surface area contributed by atoms with E-state index in [-0.39, 0.29) is 19.3 Å². The van der Waals surface area contributed by atoms with Crippen molar-refractivity contribution in [2.45, 2.75) is 296 Å². The maximum absolute atomic E-state index is 12.8. The van der Waals surface area contributed by atoms with E-state index in [2.05, 4.69) is 45.1 Å². The number of esters is 3. The summed E-state index contributed by atoms with van der Waals surface area (Å²) in [5.41, 5.74) is 0. The van der Waals surface area contributed by atoms with Crippen LogP contribution in [0.25, 0.3) is 0 Å². The molecule has 0 aromatic rings. The maximum atomic E-state index is 12.8. The molecule has 0 rings (SSSR count). The maximum Gasteiger partial charge on any atom is 0.472 e. The lowest BCUT2D eigenvalue weighted by atomic mass is 10.0. The summed E-state index contributed by atoms with van der Waals surface area (Å²) in [7, 11) is -9.74. The number of aliphatic hydroxyl groups is 2. The molecule has 0 aromatic heterocycles. The molecule has 0 heterocycles. The van der Waals surface area contributed by atoms with Crippen LogP contribution in [-0.4, -0.2) is 95.9 Å². The molecule has 0 aliphatic heterocycles. The van der Waals surface area contributed by atoms with E-state index < -0.39 is 91.5 Å². The first-order valence-electron chi connectivity index (χ1n) is 30.6. The van der Waals surface area contributed by atoms with E-state index in [0.717, 1.165) is 89.9 Å². The van der Waals surface area contributed by atoms with Crippen molar-refractivity contribution in [3.63, 3.8) is 0 Å². The van der Waals surface area contributed by atoms with Gasteiger partial charge in [0.1, 0.15) is 25.4 Å². The first-order chi connectivity index (χ1) is 37.2. The summed E-state index contributed by atoms with van der Waals surface area (Å²) in [5, 5.41) is 20.4. The molecular weight excluding hydrogens is 1030 g/mol. The zero-order valence-corrected chi connectivity index (χ0v) is 50.4. The molecule has 0 aromatic carbocycles. The van der Waals surface area contributed by atoms with E-state index in [0.29, 0.717) is 19.3 Å². The predicted octanol–water partition coefficient (Wildman–Crippen LogP) is 15.7. The number of aliphatic hydroxyl groups excluding tert-OH is 2. The third kappa shape index (κ3) is 55.7.